The zero-order valence-electron chi connectivity index (χ0n) is 8.49. The van der Waals surface area contributed by atoms with Crippen LogP contribution in [0, 0.1) is 10.1 Å². The van der Waals surface area contributed by atoms with Gasteiger partial charge in [-0.2, -0.15) is 0 Å². The lowest BCUT2D eigenvalue weighted by Crippen LogP contribution is -2.19. The van der Waals surface area contributed by atoms with Gasteiger partial charge in [-0.05, 0) is 6.07 Å². The van der Waals surface area contributed by atoms with E-state index in [1.165, 1.54) is 18.2 Å². The van der Waals surface area contributed by atoms with E-state index < -0.39 is 10.8 Å². The van der Waals surface area contributed by atoms with Crippen LogP contribution >= 0.6 is 0 Å². The molecule has 7 heteroatoms. The second-order valence-electron chi connectivity index (χ2n) is 3.30. The molecule has 7 nitrogen and oxygen atoms in total. The van der Waals surface area contributed by atoms with E-state index in [1.54, 1.807) is 0 Å². The largest absolute Gasteiger partial charge is 0.398 e. The summed E-state index contributed by atoms with van der Waals surface area (Å²) in [5.41, 5.74) is 5.91. The lowest BCUT2D eigenvalue weighted by Gasteiger charge is -2.08. The SMILES string of the molecule is CC(O)(O)N=Cc1cc([N+](=O)[O-])ccc1N. The topological polar surface area (TPSA) is 122 Å². The molecule has 0 spiro atoms. The number of aliphatic hydroxyl groups is 2. The van der Waals surface area contributed by atoms with Gasteiger partial charge in [-0.25, -0.2) is 4.99 Å². The molecular weight excluding hydrogens is 214 g/mol. The van der Waals surface area contributed by atoms with Gasteiger partial charge in [0, 0.05) is 36.5 Å². The Hall–Kier alpha value is -1.99. The van der Waals surface area contributed by atoms with Crippen molar-refractivity contribution in [3.05, 3.63) is 33.9 Å². The molecule has 0 radical (unpaired) electrons. The van der Waals surface area contributed by atoms with Crippen LogP contribution < -0.4 is 5.73 Å². The van der Waals surface area contributed by atoms with Crippen LogP contribution in [0.5, 0.6) is 0 Å². The zero-order valence-corrected chi connectivity index (χ0v) is 8.49. The summed E-state index contributed by atoms with van der Waals surface area (Å²) in [7, 11) is 0. The molecule has 86 valence electrons. The van der Waals surface area contributed by atoms with Crippen molar-refractivity contribution in [3.63, 3.8) is 0 Å². The number of nitrogens with two attached hydrogens (primary N) is 1. The van der Waals surface area contributed by atoms with E-state index in [0.717, 1.165) is 13.1 Å². The van der Waals surface area contributed by atoms with E-state index in [0.29, 0.717) is 0 Å². The Balaban J connectivity index is 3.08. The predicted molar refractivity (Wildman–Crippen MR) is 57.9 cm³/mol. The molecule has 0 fully saturated rings. The lowest BCUT2D eigenvalue weighted by atomic mass is 10.2. The highest BCUT2D eigenvalue weighted by atomic mass is 16.6. The van der Waals surface area contributed by atoms with E-state index >= 15 is 0 Å². The molecule has 0 aliphatic heterocycles. The summed E-state index contributed by atoms with van der Waals surface area (Å²) in [5.74, 6) is -2.23. The Kier molecular flexibility index (Phi) is 3.21. The van der Waals surface area contributed by atoms with Gasteiger partial charge in [-0.15, -0.1) is 0 Å². The van der Waals surface area contributed by atoms with Crippen molar-refractivity contribution in [2.24, 2.45) is 4.99 Å². The molecule has 0 aliphatic rings. The van der Waals surface area contributed by atoms with Crippen LogP contribution in [-0.4, -0.2) is 27.3 Å². The molecule has 1 aromatic carbocycles. The average molecular weight is 225 g/mol. The second kappa shape index (κ2) is 4.25. The number of nitro benzene ring substituents is 1. The minimum atomic E-state index is -2.23. The smallest absolute Gasteiger partial charge is 0.270 e. The standard InChI is InChI=1S/C9H11N3O4/c1-9(13,14)11-5-6-4-7(12(15)16)2-3-8(6)10/h2-5,13-14H,10H2,1H3. The van der Waals surface area contributed by atoms with E-state index in [9.17, 15) is 10.1 Å². The van der Waals surface area contributed by atoms with E-state index in [-0.39, 0.29) is 16.9 Å². The van der Waals surface area contributed by atoms with Crippen LogP contribution in [0.4, 0.5) is 11.4 Å². The number of anilines is 1. The first kappa shape index (κ1) is 12.1. The van der Waals surface area contributed by atoms with Gasteiger partial charge in [0.15, 0.2) is 0 Å². The maximum absolute atomic E-state index is 10.5. The number of hydrogen-bond acceptors (Lipinski definition) is 6. The van der Waals surface area contributed by atoms with Crippen LogP contribution in [0.3, 0.4) is 0 Å². The fourth-order valence-corrected chi connectivity index (χ4v) is 0.979. The van der Waals surface area contributed by atoms with Crippen LogP contribution in [0.2, 0.25) is 0 Å². The second-order valence-corrected chi connectivity index (χ2v) is 3.30. The number of nitrogens with zero attached hydrogens (tertiary/aromatic N) is 2. The fraction of sp³-hybridized carbons (Fsp3) is 0.222. The van der Waals surface area contributed by atoms with Gasteiger partial charge >= 0.3 is 0 Å². The molecule has 16 heavy (non-hydrogen) atoms. The van der Waals surface area contributed by atoms with Gasteiger partial charge in [0.25, 0.3) is 11.6 Å². The Morgan fingerprint density at radius 3 is 2.69 bits per heavy atom. The maximum atomic E-state index is 10.5. The van der Waals surface area contributed by atoms with Crippen molar-refractivity contribution in [1.82, 2.24) is 0 Å². The number of nitro groups is 1. The summed E-state index contributed by atoms with van der Waals surface area (Å²) >= 11 is 0. The molecule has 0 amide bonds. The highest BCUT2D eigenvalue weighted by Crippen LogP contribution is 2.18. The molecule has 0 saturated carbocycles. The average Bonchev–Trinajstić information content (AvgIpc) is 2.14. The Morgan fingerprint density at radius 1 is 1.56 bits per heavy atom. The third-order valence-corrected chi connectivity index (χ3v) is 1.73. The first-order valence-electron chi connectivity index (χ1n) is 4.33. The molecule has 1 rings (SSSR count). The van der Waals surface area contributed by atoms with E-state index in [4.69, 9.17) is 15.9 Å². The summed E-state index contributed by atoms with van der Waals surface area (Å²) in [6.45, 7) is 1.05. The van der Waals surface area contributed by atoms with Crippen molar-refractivity contribution < 1.29 is 15.1 Å². The third-order valence-electron chi connectivity index (χ3n) is 1.73. The molecule has 0 heterocycles. The minimum absolute atomic E-state index is 0.145. The van der Waals surface area contributed by atoms with Gasteiger partial charge in [0.1, 0.15) is 0 Å². The summed E-state index contributed by atoms with van der Waals surface area (Å²) in [6, 6.07) is 3.81. The normalized spacial score (nSPS) is 11.9. The van der Waals surface area contributed by atoms with Crippen molar-refractivity contribution in [3.8, 4) is 0 Å². The first-order chi connectivity index (χ1) is 7.29. The molecule has 0 bridgehead atoms. The number of hydrogen-bond donors (Lipinski definition) is 3. The van der Waals surface area contributed by atoms with Crippen LogP contribution in [0.15, 0.2) is 23.2 Å². The van der Waals surface area contributed by atoms with Crippen molar-refractivity contribution in [1.29, 1.82) is 0 Å². The zero-order chi connectivity index (χ0) is 12.3. The van der Waals surface area contributed by atoms with Gasteiger partial charge in [0.2, 0.25) is 0 Å². The quantitative estimate of drug-likeness (QED) is 0.224. The van der Waals surface area contributed by atoms with Crippen molar-refractivity contribution in [2.75, 3.05) is 5.73 Å². The minimum Gasteiger partial charge on any atom is -0.398 e. The van der Waals surface area contributed by atoms with Gasteiger partial charge in [-0.1, -0.05) is 0 Å². The molecule has 4 N–H and O–H groups in total. The van der Waals surface area contributed by atoms with Crippen LogP contribution in [-0.2, 0) is 0 Å². The summed E-state index contributed by atoms with van der Waals surface area (Å²) in [4.78, 5) is 13.3. The molecule has 1 aromatic rings. The number of aliphatic imine (C=N–C) groups is 1. The lowest BCUT2D eigenvalue weighted by molar-refractivity contribution is -0.384. The third kappa shape index (κ3) is 3.30. The molecule has 0 unspecified atom stereocenters. The monoisotopic (exact) mass is 225 g/mol. The summed E-state index contributed by atoms with van der Waals surface area (Å²) in [6.07, 6.45) is 1.07. The summed E-state index contributed by atoms with van der Waals surface area (Å²) < 4.78 is 0. The Morgan fingerprint density at radius 2 is 2.19 bits per heavy atom. The number of nitrogen functional groups attached to an aromatic ring is 1. The number of rotatable bonds is 3. The first-order valence-corrected chi connectivity index (χ1v) is 4.33. The Labute approximate surface area is 91.0 Å². The molecule has 0 aliphatic carbocycles. The molecule has 0 saturated heterocycles. The molecular formula is C9H11N3O4. The van der Waals surface area contributed by atoms with E-state index in [2.05, 4.69) is 4.99 Å². The van der Waals surface area contributed by atoms with Gasteiger partial charge < -0.3 is 15.9 Å². The fourth-order valence-electron chi connectivity index (χ4n) is 0.979. The van der Waals surface area contributed by atoms with Crippen LogP contribution in [0.25, 0.3) is 0 Å². The highest BCUT2D eigenvalue weighted by Gasteiger charge is 2.12. The predicted octanol–water partition coefficient (Wildman–Crippen LogP) is 0.254. The molecule has 0 aromatic heterocycles. The van der Waals surface area contributed by atoms with Crippen molar-refractivity contribution >= 4 is 17.6 Å². The molecule has 0 atom stereocenters. The van der Waals surface area contributed by atoms with Crippen LogP contribution in [0.1, 0.15) is 12.5 Å². The Bertz CT molecular complexity index is 437. The van der Waals surface area contributed by atoms with E-state index in [1.807, 2.05) is 0 Å². The maximum Gasteiger partial charge on any atom is 0.270 e. The number of benzene rings is 1. The number of non-ortho nitro benzene ring substituents is 1. The highest BCUT2D eigenvalue weighted by molar-refractivity contribution is 5.88. The van der Waals surface area contributed by atoms with Gasteiger partial charge in [-0.3, -0.25) is 10.1 Å². The van der Waals surface area contributed by atoms with Crippen molar-refractivity contribution in [2.45, 2.75) is 12.8 Å². The summed E-state index contributed by atoms with van der Waals surface area (Å²) in [5, 5.41) is 28.3. The van der Waals surface area contributed by atoms with Gasteiger partial charge in [0.05, 0.1) is 4.92 Å².